The molecule has 0 aliphatic carbocycles. The molecule has 1 atom stereocenters. The molecular formula is C13H20BrNO2. The molecule has 0 amide bonds. The molecule has 0 bridgehead atoms. The minimum Gasteiger partial charge on any atom is -0.508 e. The first-order valence-electron chi connectivity index (χ1n) is 5.96. The van der Waals surface area contributed by atoms with Crippen molar-refractivity contribution >= 4 is 15.9 Å². The van der Waals surface area contributed by atoms with Gasteiger partial charge in [-0.2, -0.15) is 0 Å². The van der Waals surface area contributed by atoms with Gasteiger partial charge in [0.05, 0.1) is 0 Å². The molecule has 0 saturated heterocycles. The van der Waals surface area contributed by atoms with Crippen molar-refractivity contribution in [3.8, 4) is 5.75 Å². The Morgan fingerprint density at radius 1 is 1.41 bits per heavy atom. The monoisotopic (exact) mass is 301 g/mol. The van der Waals surface area contributed by atoms with Gasteiger partial charge in [-0.05, 0) is 42.6 Å². The summed E-state index contributed by atoms with van der Waals surface area (Å²) < 4.78 is 0.998. The highest BCUT2D eigenvalue weighted by molar-refractivity contribution is 9.10. The SMILES string of the molecule is CCC(CCO)CNCc1cc(O)ccc1Br. The molecule has 0 radical (unpaired) electrons. The van der Waals surface area contributed by atoms with Gasteiger partial charge >= 0.3 is 0 Å². The summed E-state index contributed by atoms with van der Waals surface area (Å²) in [6.07, 6.45) is 1.90. The summed E-state index contributed by atoms with van der Waals surface area (Å²) in [5, 5.41) is 21.6. The van der Waals surface area contributed by atoms with Crippen molar-refractivity contribution in [2.75, 3.05) is 13.2 Å². The van der Waals surface area contributed by atoms with Gasteiger partial charge in [0.15, 0.2) is 0 Å². The number of aromatic hydroxyl groups is 1. The Labute approximate surface area is 111 Å². The maximum absolute atomic E-state index is 9.39. The molecule has 0 fully saturated rings. The van der Waals surface area contributed by atoms with Crippen LogP contribution in [0.1, 0.15) is 25.3 Å². The van der Waals surface area contributed by atoms with Crippen LogP contribution in [-0.2, 0) is 6.54 Å². The van der Waals surface area contributed by atoms with Crippen molar-refractivity contribution in [1.82, 2.24) is 5.32 Å². The Hall–Kier alpha value is -0.580. The van der Waals surface area contributed by atoms with Gasteiger partial charge in [0, 0.05) is 17.6 Å². The number of benzene rings is 1. The Kier molecular flexibility index (Phi) is 6.55. The molecule has 3 N–H and O–H groups in total. The lowest BCUT2D eigenvalue weighted by atomic mass is 10.0. The predicted molar refractivity (Wildman–Crippen MR) is 73.0 cm³/mol. The zero-order valence-electron chi connectivity index (χ0n) is 10.1. The molecule has 0 aliphatic rings. The standard InChI is InChI=1S/C13H20BrNO2/c1-2-10(5-6-16)8-15-9-11-7-12(17)3-4-13(11)14/h3-4,7,10,15-17H,2,5-6,8-9H2,1H3. The summed E-state index contributed by atoms with van der Waals surface area (Å²) in [5.74, 6) is 0.795. The van der Waals surface area contributed by atoms with Crippen LogP contribution in [0.15, 0.2) is 22.7 Å². The number of nitrogens with one attached hydrogen (secondary N) is 1. The highest BCUT2D eigenvalue weighted by Crippen LogP contribution is 2.21. The van der Waals surface area contributed by atoms with Gasteiger partial charge in [0.25, 0.3) is 0 Å². The van der Waals surface area contributed by atoms with Crippen LogP contribution < -0.4 is 5.32 Å². The average molecular weight is 302 g/mol. The number of hydrogen-bond acceptors (Lipinski definition) is 3. The van der Waals surface area contributed by atoms with Crippen molar-refractivity contribution in [3.63, 3.8) is 0 Å². The van der Waals surface area contributed by atoms with E-state index in [0.29, 0.717) is 5.92 Å². The van der Waals surface area contributed by atoms with E-state index in [1.807, 2.05) is 6.07 Å². The molecule has 96 valence electrons. The maximum Gasteiger partial charge on any atom is 0.115 e. The number of halogens is 1. The lowest BCUT2D eigenvalue weighted by Crippen LogP contribution is -2.23. The largest absolute Gasteiger partial charge is 0.508 e. The molecule has 4 heteroatoms. The molecule has 0 spiro atoms. The van der Waals surface area contributed by atoms with Crippen LogP contribution in [0.5, 0.6) is 5.75 Å². The summed E-state index contributed by atoms with van der Waals surface area (Å²) in [7, 11) is 0. The van der Waals surface area contributed by atoms with E-state index in [1.165, 1.54) is 0 Å². The Balaban J connectivity index is 2.42. The Morgan fingerprint density at radius 2 is 2.18 bits per heavy atom. The summed E-state index contributed by atoms with van der Waals surface area (Å²) in [4.78, 5) is 0. The maximum atomic E-state index is 9.39. The Morgan fingerprint density at radius 3 is 2.82 bits per heavy atom. The fourth-order valence-corrected chi connectivity index (χ4v) is 2.13. The fraction of sp³-hybridized carbons (Fsp3) is 0.538. The van der Waals surface area contributed by atoms with Crippen LogP contribution in [0.2, 0.25) is 0 Å². The molecular weight excluding hydrogens is 282 g/mol. The number of aliphatic hydroxyl groups excluding tert-OH is 1. The van der Waals surface area contributed by atoms with Crippen molar-refractivity contribution in [3.05, 3.63) is 28.2 Å². The summed E-state index contributed by atoms with van der Waals surface area (Å²) in [6, 6.07) is 5.26. The van der Waals surface area contributed by atoms with E-state index in [1.54, 1.807) is 12.1 Å². The number of aliphatic hydroxyl groups is 1. The van der Waals surface area contributed by atoms with Crippen LogP contribution in [0.25, 0.3) is 0 Å². The van der Waals surface area contributed by atoms with Crippen molar-refractivity contribution in [1.29, 1.82) is 0 Å². The van der Waals surface area contributed by atoms with Crippen molar-refractivity contribution in [2.24, 2.45) is 5.92 Å². The molecule has 1 rings (SSSR count). The molecule has 3 nitrogen and oxygen atoms in total. The first-order valence-corrected chi connectivity index (χ1v) is 6.75. The minimum absolute atomic E-state index is 0.246. The molecule has 17 heavy (non-hydrogen) atoms. The normalized spacial score (nSPS) is 12.6. The third kappa shape index (κ3) is 5.06. The van der Waals surface area contributed by atoms with Crippen molar-refractivity contribution in [2.45, 2.75) is 26.3 Å². The van der Waals surface area contributed by atoms with Crippen LogP contribution in [-0.4, -0.2) is 23.4 Å². The van der Waals surface area contributed by atoms with Gasteiger partial charge in [-0.25, -0.2) is 0 Å². The van der Waals surface area contributed by atoms with Crippen molar-refractivity contribution < 1.29 is 10.2 Å². The number of phenolic OH excluding ortho intramolecular Hbond substituents is 1. The first-order chi connectivity index (χ1) is 8.17. The lowest BCUT2D eigenvalue weighted by molar-refractivity contribution is 0.251. The predicted octanol–water partition coefficient (Wildman–Crippen LogP) is 2.65. The van der Waals surface area contributed by atoms with E-state index < -0.39 is 0 Å². The van der Waals surface area contributed by atoms with E-state index >= 15 is 0 Å². The third-order valence-corrected chi connectivity index (χ3v) is 3.67. The lowest BCUT2D eigenvalue weighted by Gasteiger charge is -2.14. The molecule has 0 aliphatic heterocycles. The van der Waals surface area contributed by atoms with Gasteiger partial charge in [-0.3, -0.25) is 0 Å². The third-order valence-electron chi connectivity index (χ3n) is 2.89. The quantitative estimate of drug-likeness (QED) is 0.726. The van der Waals surface area contributed by atoms with E-state index in [0.717, 1.165) is 36.0 Å². The molecule has 1 unspecified atom stereocenters. The Bertz CT molecular complexity index is 344. The minimum atomic E-state index is 0.246. The topological polar surface area (TPSA) is 52.5 Å². The molecule has 1 aromatic carbocycles. The molecule has 0 aromatic heterocycles. The number of hydrogen-bond donors (Lipinski definition) is 3. The smallest absolute Gasteiger partial charge is 0.115 e. The fourth-order valence-electron chi connectivity index (χ4n) is 1.74. The molecule has 0 heterocycles. The second-order valence-corrected chi connectivity index (χ2v) is 5.05. The van der Waals surface area contributed by atoms with Crippen LogP contribution in [0, 0.1) is 5.92 Å². The van der Waals surface area contributed by atoms with Gasteiger partial charge in [0.2, 0.25) is 0 Å². The molecule has 1 aromatic rings. The van der Waals surface area contributed by atoms with Gasteiger partial charge in [-0.15, -0.1) is 0 Å². The van der Waals surface area contributed by atoms with Gasteiger partial charge in [-0.1, -0.05) is 29.3 Å². The first kappa shape index (κ1) is 14.5. The summed E-state index contributed by atoms with van der Waals surface area (Å²) >= 11 is 3.45. The van der Waals surface area contributed by atoms with Crippen LogP contribution in [0.3, 0.4) is 0 Å². The van der Waals surface area contributed by atoms with Crippen LogP contribution in [0.4, 0.5) is 0 Å². The highest BCUT2D eigenvalue weighted by Gasteiger charge is 2.06. The average Bonchev–Trinajstić information content (AvgIpc) is 2.32. The van der Waals surface area contributed by atoms with Crippen LogP contribution >= 0.6 is 15.9 Å². The number of rotatable bonds is 7. The van der Waals surface area contributed by atoms with Gasteiger partial charge in [0.1, 0.15) is 5.75 Å². The van der Waals surface area contributed by atoms with E-state index in [4.69, 9.17) is 5.11 Å². The zero-order valence-corrected chi connectivity index (χ0v) is 11.7. The zero-order chi connectivity index (χ0) is 12.7. The van der Waals surface area contributed by atoms with E-state index in [9.17, 15) is 5.11 Å². The van der Waals surface area contributed by atoms with E-state index in [-0.39, 0.29) is 12.4 Å². The number of phenols is 1. The van der Waals surface area contributed by atoms with E-state index in [2.05, 4.69) is 28.2 Å². The van der Waals surface area contributed by atoms with Gasteiger partial charge < -0.3 is 15.5 Å². The summed E-state index contributed by atoms with van der Waals surface area (Å²) in [5.41, 5.74) is 1.05. The second kappa shape index (κ2) is 7.69. The second-order valence-electron chi connectivity index (χ2n) is 4.19. The summed E-state index contributed by atoms with van der Waals surface area (Å²) in [6.45, 7) is 3.98. The molecule has 0 saturated carbocycles. The highest BCUT2D eigenvalue weighted by atomic mass is 79.9.